The van der Waals surface area contributed by atoms with Crippen LogP contribution in [0.15, 0.2) is 152 Å². The van der Waals surface area contributed by atoms with Gasteiger partial charge in [-0.1, -0.05) is 82.3 Å². The molecule has 0 aliphatic heterocycles. The molecule has 8 aliphatic carbocycles. The van der Waals surface area contributed by atoms with Gasteiger partial charge in [-0.3, -0.25) is 0 Å². The summed E-state index contributed by atoms with van der Waals surface area (Å²) in [5, 5.41) is 0. The van der Waals surface area contributed by atoms with Gasteiger partial charge in [0.1, 0.15) is 0 Å². The van der Waals surface area contributed by atoms with Gasteiger partial charge < -0.3 is 0 Å². The molecule has 8 aliphatic rings. The molecule has 6 aromatic rings. The zero-order valence-electron chi connectivity index (χ0n) is 45.7. The van der Waals surface area contributed by atoms with Gasteiger partial charge in [0, 0.05) is 0 Å². The first kappa shape index (κ1) is 54.2. The van der Waals surface area contributed by atoms with Crippen molar-refractivity contribution in [2.45, 2.75) is 123 Å². The fourth-order valence-electron chi connectivity index (χ4n) is 15.9. The summed E-state index contributed by atoms with van der Waals surface area (Å²) in [6.45, 7) is 12.5. The van der Waals surface area contributed by atoms with Crippen molar-refractivity contribution in [1.82, 2.24) is 0 Å². The Hall–Kier alpha value is -4.77. The van der Waals surface area contributed by atoms with Gasteiger partial charge >= 0.3 is 355 Å². The van der Waals surface area contributed by atoms with E-state index in [1.807, 2.05) is 117 Å². The Balaban J connectivity index is 0.000000318. The zero-order valence-corrected chi connectivity index (χ0v) is 49.6. The molecule has 6 aromatic carbocycles. The molecule has 9 heteroatoms. The van der Waals surface area contributed by atoms with Crippen LogP contribution in [0.1, 0.15) is 117 Å². The third-order valence-electron chi connectivity index (χ3n) is 19.5. The van der Waals surface area contributed by atoms with E-state index in [-0.39, 0.29) is 25.2 Å². The van der Waals surface area contributed by atoms with E-state index >= 15 is 0 Å². The van der Waals surface area contributed by atoms with E-state index in [1.54, 1.807) is 0 Å². The zero-order chi connectivity index (χ0) is 53.7. The molecular weight excluding hydrogens is 1110 g/mol. The van der Waals surface area contributed by atoms with Crippen molar-refractivity contribution in [3.8, 4) is 44.9 Å². The van der Waals surface area contributed by atoms with E-state index in [4.69, 9.17) is 36.9 Å². The quantitative estimate of drug-likeness (QED) is 0.0799. The second-order valence-corrected chi connectivity index (χ2v) is 36.7. The molecule has 14 rings (SSSR count). The van der Waals surface area contributed by atoms with E-state index in [9.17, 15) is 9.59 Å². The predicted molar refractivity (Wildman–Crippen MR) is 314 cm³/mol. The fraction of sp³-hybridized carbons (Fsp3) is 0.441. The number of benzene rings is 6. The minimum absolute atomic E-state index is 0.167. The third kappa shape index (κ3) is 10.4. The first-order valence-corrected chi connectivity index (χ1v) is 36.9. The SMILES string of the molecule is CC.CC(C)c1ccc(-c2ccccc2)cc1.CC1(OC(=O)COc2ccc([Te](Cl)(Cl)c3ccc(OCC(=O)OC4(C)C5CC6CC7CC4C7(C6)C5)c(-c4ccccc4)c3)cc2-c2ccccc2)C2CC3CC(C2)CC1C3. The second kappa shape index (κ2) is 22.0. The summed E-state index contributed by atoms with van der Waals surface area (Å²) in [7, 11) is 15.1. The van der Waals surface area contributed by atoms with Crippen molar-refractivity contribution in [2.24, 2.45) is 52.8 Å². The first-order valence-electron chi connectivity index (χ1n) is 28.6. The normalized spacial score (nSPS) is 29.7. The van der Waals surface area contributed by atoms with Crippen molar-refractivity contribution in [3.05, 3.63) is 157 Å². The van der Waals surface area contributed by atoms with Gasteiger partial charge in [0.15, 0.2) is 0 Å². The molecule has 1 spiro atoms. The number of carbonyl (C=O) groups is 2. The molecule has 404 valence electrons. The van der Waals surface area contributed by atoms with E-state index in [0.717, 1.165) is 53.1 Å². The van der Waals surface area contributed by atoms with Crippen LogP contribution in [0.4, 0.5) is 0 Å². The van der Waals surface area contributed by atoms with Crippen LogP contribution in [-0.2, 0) is 19.1 Å². The maximum atomic E-state index is 13.6. The molecule has 7 bridgehead atoms. The topological polar surface area (TPSA) is 71.1 Å². The maximum absolute atomic E-state index is 13.6. The average Bonchev–Trinajstić information content (AvgIpc) is 3.29. The first-order chi connectivity index (χ1) is 37.2. The molecule has 6 atom stereocenters. The minimum atomic E-state index is -4.08. The van der Waals surface area contributed by atoms with Gasteiger partial charge in [0.05, 0.1) is 0 Å². The Bertz CT molecular complexity index is 3030. The van der Waals surface area contributed by atoms with Crippen molar-refractivity contribution < 1.29 is 28.5 Å². The Morgan fingerprint density at radius 1 is 0.506 bits per heavy atom. The number of fused-ring (bicyclic) bond motifs is 2. The van der Waals surface area contributed by atoms with Crippen LogP contribution < -0.4 is 16.7 Å². The van der Waals surface area contributed by atoms with Crippen molar-refractivity contribution in [3.63, 3.8) is 0 Å². The van der Waals surface area contributed by atoms with Gasteiger partial charge in [0.25, 0.3) is 0 Å². The summed E-state index contributed by atoms with van der Waals surface area (Å²) in [5.41, 5.74) is 7.06. The number of rotatable bonds is 14. The van der Waals surface area contributed by atoms with Crippen LogP contribution in [0.3, 0.4) is 0 Å². The van der Waals surface area contributed by atoms with Crippen molar-refractivity contribution >= 4 is 53.0 Å². The van der Waals surface area contributed by atoms with Gasteiger partial charge in [-0.05, 0) is 35.4 Å². The standard InChI is InChI=1S/C51H54Cl2O6Te.C15H16.C2H6/c1-49(36-18-31-17-32(20-36)21-37(49)19-31)58-47(54)29-56-44-15-13-40(25-42(44)34-9-5-3-6-10-34)60(52,53)41-14-16-45(43(26-41)35-11-7-4-8-12-35)57-30-48(55)59-50(2)39-23-33-22-38-24-46(50)51(38,27-33)28-39;1-12(2)13-8-10-15(11-9-13)14-6-4-3-5-7-14;1-2/h3-16,25-26,31-33,36-39,46H,17-24,27-30H2,1-2H3;3-12H,1-2H3;1-2H3. The average molecular weight is 1190 g/mol. The van der Waals surface area contributed by atoms with Crippen molar-refractivity contribution in [2.75, 3.05) is 13.2 Å². The Labute approximate surface area is 469 Å². The van der Waals surface area contributed by atoms with Crippen LogP contribution in [0.5, 0.6) is 11.5 Å². The van der Waals surface area contributed by atoms with E-state index in [0.29, 0.717) is 46.5 Å². The van der Waals surface area contributed by atoms with E-state index in [1.165, 1.54) is 80.9 Å². The molecule has 77 heavy (non-hydrogen) atoms. The number of carbonyl (C=O) groups excluding carboxylic acids is 2. The van der Waals surface area contributed by atoms with E-state index in [2.05, 4.69) is 76.2 Å². The third-order valence-corrected chi connectivity index (χ3v) is 29.1. The van der Waals surface area contributed by atoms with E-state index < -0.39 is 27.1 Å². The molecule has 0 heterocycles. The van der Waals surface area contributed by atoms with Crippen LogP contribution >= 0.6 is 17.9 Å². The number of hydrogen-bond donors (Lipinski definition) is 0. The summed E-state index contributed by atoms with van der Waals surface area (Å²) >= 11 is -4.08. The van der Waals surface area contributed by atoms with Gasteiger partial charge in [-0.2, -0.15) is 0 Å². The predicted octanol–water partition coefficient (Wildman–Crippen LogP) is 15.8. The molecule has 0 aromatic heterocycles. The monoisotopic (exact) mass is 1190 g/mol. The van der Waals surface area contributed by atoms with Crippen molar-refractivity contribution in [1.29, 1.82) is 0 Å². The number of hydrogen-bond acceptors (Lipinski definition) is 6. The summed E-state index contributed by atoms with van der Waals surface area (Å²) in [6.07, 6.45) is 12.3. The fourth-order valence-corrected chi connectivity index (χ4v) is 22.2. The Kier molecular flexibility index (Phi) is 15.5. The molecule has 0 amide bonds. The van der Waals surface area contributed by atoms with Crippen LogP contribution in [0.25, 0.3) is 33.4 Å². The van der Waals surface area contributed by atoms with Crippen LogP contribution in [0.2, 0.25) is 0 Å². The van der Waals surface area contributed by atoms with Gasteiger partial charge in [0.2, 0.25) is 0 Å². The molecule has 8 fully saturated rings. The molecule has 0 N–H and O–H groups in total. The number of halogens is 2. The molecule has 0 saturated heterocycles. The van der Waals surface area contributed by atoms with Gasteiger partial charge in [-0.15, -0.1) is 0 Å². The Morgan fingerprint density at radius 2 is 0.948 bits per heavy atom. The summed E-state index contributed by atoms with van der Waals surface area (Å²) in [4.78, 5) is 27.1. The Morgan fingerprint density at radius 3 is 1.44 bits per heavy atom. The summed E-state index contributed by atoms with van der Waals surface area (Å²) < 4.78 is 27.0. The molecule has 6 nitrogen and oxygen atoms in total. The second-order valence-electron chi connectivity index (χ2n) is 24.0. The number of esters is 2. The molecule has 0 radical (unpaired) electrons. The van der Waals surface area contributed by atoms with Gasteiger partial charge in [-0.25, -0.2) is 0 Å². The van der Waals surface area contributed by atoms with Crippen LogP contribution in [0, 0.1) is 52.8 Å². The summed E-state index contributed by atoms with van der Waals surface area (Å²) in [5.74, 6) is 6.14. The molecular formula is C68H76Cl2O6Te. The number of ether oxygens (including phenoxy) is 4. The van der Waals surface area contributed by atoms with Crippen LogP contribution in [-0.4, -0.2) is 52.3 Å². The molecule has 8 saturated carbocycles. The summed E-state index contributed by atoms with van der Waals surface area (Å²) in [6, 6.07) is 51.0. The molecule has 6 unspecified atom stereocenters.